The number of ether oxygens (including phenoxy) is 1. The maximum atomic E-state index is 13.4. The summed E-state index contributed by atoms with van der Waals surface area (Å²) in [4.78, 5) is 24.7. The van der Waals surface area contributed by atoms with Gasteiger partial charge < -0.3 is 20.5 Å². The van der Waals surface area contributed by atoms with Gasteiger partial charge >= 0.3 is 5.97 Å². The topological polar surface area (TPSA) is 92.9 Å². The van der Waals surface area contributed by atoms with Gasteiger partial charge in [-0.2, -0.15) is 0 Å². The Balaban J connectivity index is 2.76. The summed E-state index contributed by atoms with van der Waals surface area (Å²) in [7, 11) is 1.18. The lowest BCUT2D eigenvalue weighted by atomic mass is 9.99. The predicted molar refractivity (Wildman–Crippen MR) is 70.5 cm³/mol. The van der Waals surface area contributed by atoms with Crippen LogP contribution in [0, 0.1) is 5.92 Å². The maximum absolute atomic E-state index is 13.4. The first-order valence-electron chi connectivity index (χ1n) is 6.74. The van der Waals surface area contributed by atoms with Crippen LogP contribution in [0.2, 0.25) is 0 Å². The van der Waals surface area contributed by atoms with Crippen LogP contribution in [0.1, 0.15) is 26.7 Å². The van der Waals surface area contributed by atoms with Gasteiger partial charge in [-0.25, -0.2) is 9.18 Å². The molecule has 3 N–H and O–H groups in total. The van der Waals surface area contributed by atoms with Gasteiger partial charge in [0.15, 0.2) is 0 Å². The van der Waals surface area contributed by atoms with Gasteiger partial charge in [-0.15, -0.1) is 0 Å². The highest BCUT2D eigenvalue weighted by molar-refractivity contribution is 5.88. The van der Waals surface area contributed by atoms with E-state index in [1.165, 1.54) is 7.11 Å². The van der Waals surface area contributed by atoms with Crippen LogP contribution in [0.4, 0.5) is 4.39 Å². The first-order valence-corrected chi connectivity index (χ1v) is 6.74. The van der Waals surface area contributed by atoms with Crippen LogP contribution >= 0.6 is 0 Å². The molecule has 1 aliphatic rings. The van der Waals surface area contributed by atoms with E-state index in [2.05, 4.69) is 4.74 Å². The molecule has 6 nitrogen and oxygen atoms in total. The average molecular weight is 290 g/mol. The molecule has 0 aromatic heterocycles. The molecule has 0 radical (unpaired) electrons. The van der Waals surface area contributed by atoms with Crippen LogP contribution < -0.4 is 5.73 Å². The molecular weight excluding hydrogens is 267 g/mol. The number of carbonyl (C=O) groups is 2. The Morgan fingerprint density at radius 1 is 1.50 bits per heavy atom. The molecule has 0 unspecified atom stereocenters. The number of amides is 1. The number of aliphatic hydroxyl groups excluding tert-OH is 1. The number of halogens is 1. The highest BCUT2D eigenvalue weighted by atomic mass is 19.1. The van der Waals surface area contributed by atoms with Crippen molar-refractivity contribution in [1.29, 1.82) is 0 Å². The number of methoxy groups -OCH3 is 1. The summed E-state index contributed by atoms with van der Waals surface area (Å²) in [6.45, 7) is 3.62. The average Bonchev–Trinajstić information content (AvgIpc) is 2.77. The van der Waals surface area contributed by atoms with Crippen molar-refractivity contribution in [3.05, 3.63) is 0 Å². The molecule has 4 atom stereocenters. The second kappa shape index (κ2) is 6.99. The SMILES string of the molecule is COC(=O)[C@@H]1C[C@H](F)CN1C(=O)[C@@H](O)[C@H](N)CC(C)C. The Morgan fingerprint density at radius 2 is 2.10 bits per heavy atom. The van der Waals surface area contributed by atoms with Crippen molar-refractivity contribution >= 4 is 11.9 Å². The fraction of sp³-hybridized carbons (Fsp3) is 0.846. The Bertz CT molecular complexity index is 364. The van der Waals surface area contributed by atoms with Gasteiger partial charge in [0.05, 0.1) is 13.7 Å². The lowest BCUT2D eigenvalue weighted by Gasteiger charge is -2.27. The number of nitrogens with zero attached hydrogens (tertiary/aromatic N) is 1. The van der Waals surface area contributed by atoms with E-state index >= 15 is 0 Å². The number of likely N-dealkylation sites (tertiary alicyclic amines) is 1. The van der Waals surface area contributed by atoms with Crippen LogP contribution in [0.25, 0.3) is 0 Å². The molecule has 1 amide bonds. The molecule has 1 saturated heterocycles. The van der Waals surface area contributed by atoms with Gasteiger partial charge in [0.2, 0.25) is 0 Å². The number of nitrogens with two attached hydrogens (primary N) is 1. The van der Waals surface area contributed by atoms with E-state index in [9.17, 15) is 19.1 Å². The summed E-state index contributed by atoms with van der Waals surface area (Å²) in [5, 5.41) is 9.96. The summed E-state index contributed by atoms with van der Waals surface area (Å²) < 4.78 is 18.0. The zero-order valence-electron chi connectivity index (χ0n) is 12.1. The third-order valence-electron chi connectivity index (χ3n) is 3.41. The van der Waals surface area contributed by atoms with Crippen LogP contribution in [-0.4, -0.2) is 59.9 Å². The molecule has 1 rings (SSSR count). The number of aliphatic hydroxyl groups is 1. The van der Waals surface area contributed by atoms with Crippen LogP contribution in [0.15, 0.2) is 0 Å². The van der Waals surface area contributed by atoms with Gasteiger partial charge in [0.25, 0.3) is 5.91 Å². The molecule has 0 aromatic carbocycles. The fourth-order valence-electron chi connectivity index (χ4n) is 2.41. The second-order valence-corrected chi connectivity index (χ2v) is 5.60. The monoisotopic (exact) mass is 290 g/mol. The van der Waals surface area contributed by atoms with Crippen molar-refractivity contribution in [2.75, 3.05) is 13.7 Å². The van der Waals surface area contributed by atoms with Crippen molar-refractivity contribution in [1.82, 2.24) is 4.90 Å². The maximum Gasteiger partial charge on any atom is 0.328 e. The van der Waals surface area contributed by atoms with E-state index < -0.39 is 36.2 Å². The minimum absolute atomic E-state index is 0.107. The van der Waals surface area contributed by atoms with Crippen LogP contribution in [0.5, 0.6) is 0 Å². The first-order chi connectivity index (χ1) is 9.27. The molecule has 116 valence electrons. The molecule has 20 heavy (non-hydrogen) atoms. The van der Waals surface area contributed by atoms with Crippen molar-refractivity contribution in [2.24, 2.45) is 11.7 Å². The highest BCUT2D eigenvalue weighted by Crippen LogP contribution is 2.23. The lowest BCUT2D eigenvalue weighted by molar-refractivity contribution is -0.154. The molecule has 1 aliphatic heterocycles. The van der Waals surface area contributed by atoms with Gasteiger partial charge in [-0.3, -0.25) is 4.79 Å². The number of hydrogen-bond donors (Lipinski definition) is 2. The molecular formula is C13H23FN2O4. The van der Waals surface area contributed by atoms with Crippen LogP contribution in [0.3, 0.4) is 0 Å². The van der Waals surface area contributed by atoms with Crippen molar-refractivity contribution in [3.63, 3.8) is 0 Å². The smallest absolute Gasteiger partial charge is 0.328 e. The molecule has 7 heteroatoms. The Kier molecular flexibility index (Phi) is 5.88. The Labute approximate surface area is 118 Å². The van der Waals surface area contributed by atoms with Gasteiger partial charge in [-0.1, -0.05) is 13.8 Å². The third-order valence-corrected chi connectivity index (χ3v) is 3.41. The van der Waals surface area contributed by atoms with E-state index in [0.717, 1.165) is 4.90 Å². The molecule has 0 aromatic rings. The summed E-state index contributed by atoms with van der Waals surface area (Å²) >= 11 is 0. The second-order valence-electron chi connectivity index (χ2n) is 5.60. The van der Waals surface area contributed by atoms with Crippen molar-refractivity contribution < 1.29 is 23.8 Å². The molecule has 0 aliphatic carbocycles. The predicted octanol–water partition coefficient (Wildman–Crippen LogP) is -0.167. The Morgan fingerprint density at radius 3 is 2.60 bits per heavy atom. The zero-order chi connectivity index (χ0) is 15.4. The lowest BCUT2D eigenvalue weighted by Crippen LogP contribution is -2.52. The van der Waals surface area contributed by atoms with Crippen molar-refractivity contribution in [2.45, 2.75) is 51.0 Å². The minimum atomic E-state index is -1.44. The largest absolute Gasteiger partial charge is 0.467 e. The fourth-order valence-corrected chi connectivity index (χ4v) is 2.41. The summed E-state index contributed by atoms with van der Waals surface area (Å²) in [5.41, 5.74) is 5.77. The van der Waals surface area contributed by atoms with Gasteiger partial charge in [-0.05, 0) is 12.3 Å². The zero-order valence-corrected chi connectivity index (χ0v) is 12.1. The first kappa shape index (κ1) is 16.8. The van der Waals surface area contributed by atoms with E-state index in [1.807, 2.05) is 13.8 Å². The van der Waals surface area contributed by atoms with E-state index in [-0.39, 0.29) is 18.9 Å². The summed E-state index contributed by atoms with van der Waals surface area (Å²) in [5.74, 6) is -1.17. The van der Waals surface area contributed by atoms with Crippen LogP contribution in [-0.2, 0) is 14.3 Å². The van der Waals surface area contributed by atoms with Crippen molar-refractivity contribution in [3.8, 4) is 0 Å². The van der Waals surface area contributed by atoms with E-state index in [0.29, 0.717) is 6.42 Å². The molecule has 1 heterocycles. The highest BCUT2D eigenvalue weighted by Gasteiger charge is 2.43. The number of alkyl halides is 1. The quantitative estimate of drug-likeness (QED) is 0.686. The summed E-state index contributed by atoms with van der Waals surface area (Å²) in [6, 6.07) is -1.72. The number of esters is 1. The minimum Gasteiger partial charge on any atom is -0.467 e. The van der Waals surface area contributed by atoms with Gasteiger partial charge in [0.1, 0.15) is 18.3 Å². The van der Waals surface area contributed by atoms with E-state index in [4.69, 9.17) is 5.73 Å². The molecule has 0 bridgehead atoms. The summed E-state index contributed by atoms with van der Waals surface area (Å²) in [6.07, 6.45) is -2.38. The number of rotatable bonds is 5. The normalized spacial score (nSPS) is 25.6. The number of hydrogen-bond acceptors (Lipinski definition) is 5. The van der Waals surface area contributed by atoms with E-state index in [1.54, 1.807) is 0 Å². The third kappa shape index (κ3) is 3.89. The Hall–Kier alpha value is -1.21. The standard InChI is InChI=1S/C13H23FN2O4/c1-7(2)4-9(15)11(17)12(18)16-6-8(14)5-10(16)13(19)20-3/h7-11,17H,4-6,15H2,1-3H3/t8-,9+,10-,11-/m0/s1. The molecule has 0 saturated carbocycles. The molecule has 0 spiro atoms. The van der Waals surface area contributed by atoms with Gasteiger partial charge in [0, 0.05) is 12.5 Å². The molecule has 1 fully saturated rings. The number of carbonyl (C=O) groups excluding carboxylic acids is 2.